The molecular weight excluding hydrogens is 464 g/mol. The number of hydrogen-bond acceptors (Lipinski definition) is 7. The number of amides is 1. The highest BCUT2D eigenvalue weighted by Crippen LogP contribution is 2.27. The summed E-state index contributed by atoms with van der Waals surface area (Å²) >= 11 is 5.93. The summed E-state index contributed by atoms with van der Waals surface area (Å²) in [6.07, 6.45) is 0.932. The molecule has 0 aromatic heterocycles. The van der Waals surface area contributed by atoms with Gasteiger partial charge in [-0.2, -0.15) is 0 Å². The minimum Gasteiger partial charge on any atom is -0.495 e. The number of benzene rings is 2. The van der Waals surface area contributed by atoms with Crippen molar-refractivity contribution in [2.75, 3.05) is 46.2 Å². The first-order valence-electron chi connectivity index (χ1n) is 10.7. The second-order valence-electron chi connectivity index (χ2n) is 7.72. The molecule has 0 bridgehead atoms. The summed E-state index contributed by atoms with van der Waals surface area (Å²) in [6, 6.07) is 12.6. The van der Waals surface area contributed by atoms with Gasteiger partial charge in [0.15, 0.2) is 9.84 Å². The summed E-state index contributed by atoms with van der Waals surface area (Å²) in [6.45, 7) is 2.50. The third-order valence-corrected chi connectivity index (χ3v) is 7.14. The summed E-state index contributed by atoms with van der Waals surface area (Å²) in [7, 11) is -0.504. The van der Waals surface area contributed by atoms with Crippen LogP contribution in [0.15, 0.2) is 52.4 Å². The van der Waals surface area contributed by atoms with Crippen LogP contribution < -0.4 is 15.4 Å². The Bertz CT molecular complexity index is 1100. The van der Waals surface area contributed by atoms with Crippen molar-refractivity contribution in [3.05, 3.63) is 58.6 Å². The lowest BCUT2D eigenvalue weighted by atomic mass is 10.1. The monoisotopic (exact) mass is 492 g/mol. The second-order valence-corrected chi connectivity index (χ2v) is 10.1. The third kappa shape index (κ3) is 6.93. The number of methoxy groups -OCH3 is 1. The molecule has 0 saturated carbocycles. The van der Waals surface area contributed by atoms with E-state index in [1.54, 1.807) is 18.0 Å². The van der Waals surface area contributed by atoms with Crippen molar-refractivity contribution in [1.82, 2.24) is 15.5 Å². The number of ether oxygens (including phenoxy) is 1. The number of likely N-dealkylation sites (N-methyl/N-ethyl adjacent to an activating group) is 1. The van der Waals surface area contributed by atoms with Crippen molar-refractivity contribution in [2.45, 2.75) is 17.7 Å². The third-order valence-electron chi connectivity index (χ3n) is 5.33. The van der Waals surface area contributed by atoms with E-state index < -0.39 is 9.84 Å². The summed E-state index contributed by atoms with van der Waals surface area (Å²) in [5.74, 6) is 0.795. The zero-order valence-corrected chi connectivity index (χ0v) is 20.4. The predicted molar refractivity (Wildman–Crippen MR) is 130 cm³/mol. The average molecular weight is 493 g/mol. The molecule has 2 aromatic carbocycles. The van der Waals surface area contributed by atoms with Crippen molar-refractivity contribution in [3.8, 4) is 5.75 Å². The van der Waals surface area contributed by atoms with Crippen LogP contribution in [0, 0.1) is 0 Å². The molecule has 33 heavy (non-hydrogen) atoms. The van der Waals surface area contributed by atoms with Crippen molar-refractivity contribution in [3.63, 3.8) is 0 Å². The Morgan fingerprint density at radius 1 is 1.24 bits per heavy atom. The van der Waals surface area contributed by atoms with Gasteiger partial charge in [0.05, 0.1) is 13.7 Å². The van der Waals surface area contributed by atoms with Gasteiger partial charge in [0.1, 0.15) is 22.4 Å². The zero-order chi connectivity index (χ0) is 23.8. The number of nitrogens with one attached hydrogen (secondary N) is 2. The van der Waals surface area contributed by atoms with Gasteiger partial charge in [-0.1, -0.05) is 35.9 Å². The maximum absolute atomic E-state index is 12.6. The molecule has 0 atom stereocenters. The lowest BCUT2D eigenvalue weighted by Gasteiger charge is -2.17. The Kier molecular flexibility index (Phi) is 8.71. The highest BCUT2D eigenvalue weighted by molar-refractivity contribution is 7.91. The minimum absolute atomic E-state index is 0.0234. The van der Waals surface area contributed by atoms with E-state index in [1.165, 1.54) is 19.2 Å². The van der Waals surface area contributed by atoms with Gasteiger partial charge in [0.25, 0.3) is 0 Å². The molecule has 0 spiro atoms. The fourth-order valence-corrected chi connectivity index (χ4v) is 4.98. The van der Waals surface area contributed by atoms with Gasteiger partial charge in [0, 0.05) is 43.7 Å². The van der Waals surface area contributed by atoms with E-state index in [2.05, 4.69) is 15.6 Å². The number of rotatable bonds is 11. The number of carbonyl (C=O) groups excluding carboxylic acids is 1. The Morgan fingerprint density at radius 2 is 2.00 bits per heavy atom. The van der Waals surface area contributed by atoms with E-state index >= 15 is 0 Å². The summed E-state index contributed by atoms with van der Waals surface area (Å²) < 4.78 is 30.3. The Labute approximate surface area is 199 Å². The van der Waals surface area contributed by atoms with Crippen LogP contribution in [0.4, 0.5) is 0 Å². The van der Waals surface area contributed by atoms with Crippen LogP contribution in [0.2, 0.25) is 5.02 Å². The number of sulfone groups is 1. The number of hydrogen-bond donors (Lipinski definition) is 2. The maximum Gasteiger partial charge on any atom is 0.223 e. The van der Waals surface area contributed by atoms with Gasteiger partial charge in [0.2, 0.25) is 5.91 Å². The summed E-state index contributed by atoms with van der Waals surface area (Å²) in [4.78, 5) is 18.5. The van der Waals surface area contributed by atoms with Gasteiger partial charge in [-0.05, 0) is 30.2 Å². The van der Waals surface area contributed by atoms with E-state index in [0.29, 0.717) is 11.6 Å². The topological polar surface area (TPSA) is 100 Å². The quantitative estimate of drug-likeness (QED) is 0.466. The van der Waals surface area contributed by atoms with E-state index in [0.717, 1.165) is 36.5 Å². The van der Waals surface area contributed by atoms with E-state index in [4.69, 9.17) is 16.3 Å². The molecule has 0 aliphatic carbocycles. The van der Waals surface area contributed by atoms with E-state index in [1.807, 2.05) is 24.3 Å². The molecule has 1 aliphatic heterocycles. The van der Waals surface area contributed by atoms with Crippen LogP contribution >= 0.6 is 11.6 Å². The molecule has 1 heterocycles. The SMILES string of the molecule is COc1ccc(Cl)cc1S(=O)(=O)CNCCC(=O)N(C)CCc1ccc(C2=NCCN2)cc1. The van der Waals surface area contributed by atoms with Crippen LogP contribution in [0.5, 0.6) is 5.75 Å². The fraction of sp³-hybridized carbons (Fsp3) is 0.391. The maximum atomic E-state index is 12.6. The normalized spacial score (nSPS) is 13.4. The minimum atomic E-state index is -3.66. The summed E-state index contributed by atoms with van der Waals surface area (Å²) in [5.41, 5.74) is 2.20. The number of amidine groups is 1. The molecule has 0 radical (unpaired) electrons. The smallest absolute Gasteiger partial charge is 0.223 e. The first-order valence-corrected chi connectivity index (χ1v) is 12.7. The van der Waals surface area contributed by atoms with Crippen molar-refractivity contribution in [1.29, 1.82) is 0 Å². The number of aliphatic imine (C=N–C) groups is 1. The molecule has 1 amide bonds. The molecule has 2 N–H and O–H groups in total. The van der Waals surface area contributed by atoms with Crippen LogP contribution in [-0.2, 0) is 21.1 Å². The fourth-order valence-electron chi connectivity index (χ4n) is 3.41. The number of nitrogens with zero attached hydrogens (tertiary/aromatic N) is 2. The van der Waals surface area contributed by atoms with Crippen LogP contribution in [0.3, 0.4) is 0 Å². The lowest BCUT2D eigenvalue weighted by molar-refractivity contribution is -0.129. The molecule has 178 valence electrons. The Balaban J connectivity index is 1.42. The first kappa shape index (κ1) is 25.0. The standard InChI is InChI=1S/C23H29ClN4O4S/c1-28(14-10-17-3-5-18(6-4-17)23-26-12-13-27-23)22(29)9-11-25-16-33(30,31)21-15-19(24)7-8-20(21)32-2/h3-8,15,25H,9-14,16H2,1-2H3,(H,26,27). The molecule has 10 heteroatoms. The van der Waals surface area contributed by atoms with Crippen molar-refractivity contribution in [2.24, 2.45) is 4.99 Å². The van der Waals surface area contributed by atoms with Crippen LogP contribution in [0.25, 0.3) is 0 Å². The largest absolute Gasteiger partial charge is 0.495 e. The van der Waals surface area contributed by atoms with Crippen LogP contribution in [0.1, 0.15) is 17.5 Å². The molecule has 1 aliphatic rings. The first-order chi connectivity index (χ1) is 15.8. The van der Waals surface area contributed by atoms with Gasteiger partial charge >= 0.3 is 0 Å². The van der Waals surface area contributed by atoms with Gasteiger partial charge < -0.3 is 20.3 Å². The molecule has 3 rings (SSSR count). The van der Waals surface area contributed by atoms with Gasteiger partial charge in [-0.3, -0.25) is 9.79 Å². The number of carbonyl (C=O) groups is 1. The Morgan fingerprint density at radius 3 is 2.67 bits per heavy atom. The van der Waals surface area contributed by atoms with E-state index in [-0.39, 0.29) is 35.4 Å². The molecule has 0 unspecified atom stereocenters. The van der Waals surface area contributed by atoms with Gasteiger partial charge in [-0.25, -0.2) is 8.42 Å². The molecule has 2 aromatic rings. The highest BCUT2D eigenvalue weighted by atomic mass is 35.5. The predicted octanol–water partition coefficient (Wildman–Crippen LogP) is 2.11. The van der Waals surface area contributed by atoms with Crippen molar-refractivity contribution < 1.29 is 17.9 Å². The van der Waals surface area contributed by atoms with Crippen molar-refractivity contribution >= 4 is 33.2 Å². The van der Waals surface area contributed by atoms with E-state index in [9.17, 15) is 13.2 Å². The average Bonchev–Trinajstić information content (AvgIpc) is 3.35. The zero-order valence-electron chi connectivity index (χ0n) is 18.8. The van der Waals surface area contributed by atoms with Crippen LogP contribution in [-0.4, -0.2) is 71.3 Å². The molecular formula is C23H29ClN4O4S. The molecule has 8 nitrogen and oxygen atoms in total. The number of halogens is 1. The molecule has 0 saturated heterocycles. The lowest BCUT2D eigenvalue weighted by Crippen LogP contribution is -2.33. The highest BCUT2D eigenvalue weighted by Gasteiger charge is 2.20. The van der Waals surface area contributed by atoms with Gasteiger partial charge in [-0.15, -0.1) is 0 Å². The second kappa shape index (κ2) is 11.5. The Hall–Kier alpha value is -2.62. The summed E-state index contributed by atoms with van der Waals surface area (Å²) in [5, 5.41) is 6.40. The molecule has 0 fully saturated rings.